The van der Waals surface area contributed by atoms with Crippen molar-refractivity contribution in [2.75, 3.05) is 12.9 Å². The molecule has 0 atom stereocenters. The summed E-state index contributed by atoms with van der Waals surface area (Å²) in [5.74, 6) is -0.212. The van der Waals surface area contributed by atoms with Crippen LogP contribution in [0.2, 0.25) is 0 Å². The molecule has 7 heteroatoms. The van der Waals surface area contributed by atoms with Gasteiger partial charge in [-0.25, -0.2) is 4.98 Å². The van der Waals surface area contributed by atoms with Crippen molar-refractivity contribution in [1.82, 2.24) is 9.36 Å². The molecule has 0 aliphatic carbocycles. The van der Waals surface area contributed by atoms with Gasteiger partial charge in [-0.2, -0.15) is 4.37 Å². The van der Waals surface area contributed by atoms with Crippen molar-refractivity contribution < 1.29 is 9.53 Å². The van der Waals surface area contributed by atoms with E-state index in [1.807, 2.05) is 45.5 Å². The number of rotatable bonds is 6. The maximum Gasteiger partial charge on any atom is 0.321 e. The van der Waals surface area contributed by atoms with E-state index in [0.29, 0.717) is 6.61 Å². The number of hydrogen-bond acceptors (Lipinski definition) is 7. The molecule has 2 aromatic heterocycles. The van der Waals surface area contributed by atoms with Gasteiger partial charge in [-0.15, -0.1) is 23.5 Å². The largest absolute Gasteiger partial charge is 0.465 e. The number of nitrogens with zero attached hydrogens (tertiary/aromatic N) is 2. The predicted molar refractivity (Wildman–Crippen MR) is 111 cm³/mol. The minimum atomic E-state index is -0.685. The van der Waals surface area contributed by atoms with Crippen molar-refractivity contribution in [2.45, 2.75) is 35.4 Å². The average molecular weight is 405 g/mol. The molecule has 0 aliphatic rings. The smallest absolute Gasteiger partial charge is 0.321 e. The minimum Gasteiger partial charge on any atom is -0.465 e. The van der Waals surface area contributed by atoms with E-state index in [0.717, 1.165) is 31.1 Å². The normalized spacial score (nSPS) is 11.7. The molecule has 0 saturated carbocycles. The van der Waals surface area contributed by atoms with Crippen LogP contribution in [0.15, 0.2) is 46.6 Å². The fourth-order valence-corrected chi connectivity index (χ4v) is 4.94. The quantitative estimate of drug-likeness (QED) is 0.399. The van der Waals surface area contributed by atoms with E-state index in [-0.39, 0.29) is 5.97 Å². The average Bonchev–Trinajstić information content (AvgIpc) is 3.10. The van der Waals surface area contributed by atoms with E-state index in [4.69, 9.17) is 4.74 Å². The molecule has 26 heavy (non-hydrogen) atoms. The Labute approximate surface area is 165 Å². The Morgan fingerprint density at radius 1 is 1.23 bits per heavy atom. The number of esters is 1. The highest BCUT2D eigenvalue weighted by atomic mass is 32.2. The molecule has 0 spiro atoms. The molecular formula is C19H20N2O2S3. The third-order valence-electron chi connectivity index (χ3n) is 3.85. The molecule has 0 radical (unpaired) electrons. The number of pyridine rings is 1. The highest BCUT2D eigenvalue weighted by Gasteiger charge is 2.32. The summed E-state index contributed by atoms with van der Waals surface area (Å²) in [6.45, 7) is 5.99. The Hall–Kier alpha value is -1.57. The second kappa shape index (κ2) is 7.98. The van der Waals surface area contributed by atoms with Crippen LogP contribution in [0.3, 0.4) is 0 Å². The van der Waals surface area contributed by atoms with Crippen LogP contribution in [0.4, 0.5) is 0 Å². The summed E-state index contributed by atoms with van der Waals surface area (Å²) in [4.78, 5) is 17.9. The summed E-state index contributed by atoms with van der Waals surface area (Å²) in [7, 11) is 0. The summed E-state index contributed by atoms with van der Waals surface area (Å²) in [6.07, 6.45) is 5.77. The molecule has 136 valence electrons. The van der Waals surface area contributed by atoms with Gasteiger partial charge in [-0.1, -0.05) is 12.1 Å². The summed E-state index contributed by atoms with van der Waals surface area (Å²) in [5, 5.41) is 2.07. The number of carbonyl (C=O) groups excluding carboxylic acids is 1. The number of benzene rings is 1. The molecule has 0 aliphatic heterocycles. The van der Waals surface area contributed by atoms with Crippen LogP contribution in [0.25, 0.3) is 21.2 Å². The molecule has 0 unspecified atom stereocenters. The Balaban J connectivity index is 2.09. The first-order chi connectivity index (χ1) is 12.5. The Morgan fingerprint density at radius 2 is 2.04 bits per heavy atom. The van der Waals surface area contributed by atoms with Gasteiger partial charge in [0.2, 0.25) is 0 Å². The fraction of sp³-hybridized carbons (Fsp3) is 0.316. The van der Waals surface area contributed by atoms with Gasteiger partial charge < -0.3 is 4.74 Å². The summed E-state index contributed by atoms with van der Waals surface area (Å²) < 4.78 is 10.0. The van der Waals surface area contributed by atoms with Gasteiger partial charge in [-0.3, -0.25) is 4.79 Å². The first kappa shape index (κ1) is 19.2. The number of carbonyl (C=O) groups is 1. The van der Waals surface area contributed by atoms with Gasteiger partial charge >= 0.3 is 5.97 Å². The third-order valence-corrected chi connectivity index (χ3v) is 6.58. The second-order valence-corrected chi connectivity index (χ2v) is 9.40. The van der Waals surface area contributed by atoms with Crippen LogP contribution < -0.4 is 0 Å². The first-order valence-corrected chi connectivity index (χ1v) is 11.0. The van der Waals surface area contributed by atoms with Crippen molar-refractivity contribution in [2.24, 2.45) is 0 Å². The van der Waals surface area contributed by atoms with Crippen LogP contribution in [0.1, 0.15) is 20.8 Å². The fourth-order valence-electron chi connectivity index (χ4n) is 2.55. The topological polar surface area (TPSA) is 52.1 Å². The highest BCUT2D eigenvalue weighted by Crippen LogP contribution is 2.44. The van der Waals surface area contributed by atoms with Gasteiger partial charge in [0.25, 0.3) is 0 Å². The zero-order valence-corrected chi connectivity index (χ0v) is 17.6. The monoisotopic (exact) mass is 404 g/mol. The van der Waals surface area contributed by atoms with Gasteiger partial charge in [0, 0.05) is 33.8 Å². The number of ether oxygens (including phenoxy) is 1. The molecular weight excluding hydrogens is 384 g/mol. The number of hydrogen-bond donors (Lipinski definition) is 0. The molecule has 0 saturated heterocycles. The summed E-state index contributed by atoms with van der Waals surface area (Å²) >= 11 is 4.59. The van der Waals surface area contributed by atoms with E-state index >= 15 is 0 Å². The summed E-state index contributed by atoms with van der Waals surface area (Å²) in [6, 6.07) is 8.20. The lowest BCUT2D eigenvalue weighted by Crippen LogP contribution is -2.30. The van der Waals surface area contributed by atoms with Crippen molar-refractivity contribution in [3.8, 4) is 11.1 Å². The van der Waals surface area contributed by atoms with E-state index in [9.17, 15) is 4.79 Å². The SMILES string of the molecule is CCOC(=O)C(C)(C)Sc1ccc2cnsc2c1-c1ccc(SC)nc1. The first-order valence-electron chi connectivity index (χ1n) is 8.20. The molecule has 1 aromatic carbocycles. The van der Waals surface area contributed by atoms with Crippen molar-refractivity contribution in [3.63, 3.8) is 0 Å². The van der Waals surface area contributed by atoms with Crippen LogP contribution >= 0.6 is 35.1 Å². The maximum absolute atomic E-state index is 12.3. The second-order valence-electron chi connectivity index (χ2n) is 6.10. The minimum absolute atomic E-state index is 0.212. The van der Waals surface area contributed by atoms with Gasteiger partial charge in [0.05, 0.1) is 16.3 Å². The standard InChI is InChI=1S/C19H20N2O2S3/c1-5-23-18(22)19(2,3)25-14-8-6-13-11-21-26-17(13)16(14)12-7-9-15(24-4)20-10-12/h6-11H,5H2,1-4H3. The molecule has 4 nitrogen and oxygen atoms in total. The van der Waals surface area contributed by atoms with Gasteiger partial charge in [0.1, 0.15) is 4.75 Å². The molecule has 0 fully saturated rings. The van der Waals surface area contributed by atoms with Crippen LogP contribution in [0.5, 0.6) is 0 Å². The predicted octanol–water partition coefficient (Wildman–Crippen LogP) is 5.51. The number of aromatic nitrogens is 2. The Bertz CT molecular complexity index is 920. The molecule has 0 amide bonds. The molecule has 3 aromatic rings. The lowest BCUT2D eigenvalue weighted by molar-refractivity contribution is -0.145. The van der Waals surface area contributed by atoms with E-state index < -0.39 is 4.75 Å². The zero-order chi connectivity index (χ0) is 18.7. The van der Waals surface area contributed by atoms with Gasteiger partial charge in [0.15, 0.2) is 0 Å². The number of fused-ring (bicyclic) bond motifs is 1. The Kier molecular flexibility index (Phi) is 5.89. The zero-order valence-electron chi connectivity index (χ0n) is 15.1. The van der Waals surface area contributed by atoms with Crippen molar-refractivity contribution in [1.29, 1.82) is 0 Å². The molecule has 0 N–H and O–H groups in total. The van der Waals surface area contributed by atoms with Gasteiger partial charge in [-0.05, 0) is 50.7 Å². The highest BCUT2D eigenvalue weighted by molar-refractivity contribution is 8.01. The maximum atomic E-state index is 12.3. The summed E-state index contributed by atoms with van der Waals surface area (Å²) in [5.41, 5.74) is 2.10. The molecule has 2 heterocycles. The van der Waals surface area contributed by atoms with Crippen molar-refractivity contribution in [3.05, 3.63) is 36.7 Å². The van der Waals surface area contributed by atoms with Crippen LogP contribution in [0, 0.1) is 0 Å². The third kappa shape index (κ3) is 3.89. The van der Waals surface area contributed by atoms with E-state index in [2.05, 4.69) is 27.6 Å². The van der Waals surface area contributed by atoms with Crippen LogP contribution in [-0.4, -0.2) is 32.9 Å². The Morgan fingerprint density at radius 3 is 2.69 bits per heavy atom. The van der Waals surface area contributed by atoms with E-state index in [1.54, 1.807) is 11.8 Å². The van der Waals surface area contributed by atoms with Crippen LogP contribution in [-0.2, 0) is 9.53 Å². The van der Waals surface area contributed by atoms with E-state index in [1.165, 1.54) is 23.3 Å². The molecule has 0 bridgehead atoms. The number of thioether (sulfide) groups is 2. The lowest BCUT2D eigenvalue weighted by atomic mass is 10.1. The lowest BCUT2D eigenvalue weighted by Gasteiger charge is -2.23. The molecule has 3 rings (SSSR count). The van der Waals surface area contributed by atoms with Crippen molar-refractivity contribution >= 4 is 51.1 Å².